The number of urea groups is 1. The number of carbonyl (C=O) groups is 2. The largest absolute Gasteiger partial charge is 0.493 e. The number of nitrogens with one attached hydrogen (secondary N) is 1. The number of hydrogen-bond donors (Lipinski definition) is 1. The van der Waals surface area contributed by atoms with E-state index in [4.69, 9.17) is 30.5 Å². The summed E-state index contributed by atoms with van der Waals surface area (Å²) in [6.45, 7) is 0.578. The molecule has 2 aromatic rings. The van der Waals surface area contributed by atoms with Crippen LogP contribution in [-0.4, -0.2) is 63.5 Å². The molecular formula is C26H29ClN2O6. The number of nitrogens with zero attached hydrogens (tertiary/aromatic N) is 1. The van der Waals surface area contributed by atoms with Gasteiger partial charge in [0.05, 0.1) is 44.5 Å². The maximum absolute atomic E-state index is 13.1. The zero-order valence-electron chi connectivity index (χ0n) is 20.0. The number of carbonyl (C=O) groups excluding carboxylic acids is 2. The van der Waals surface area contributed by atoms with Crippen molar-refractivity contribution in [1.82, 2.24) is 10.2 Å². The Morgan fingerprint density at radius 3 is 2.51 bits per heavy atom. The van der Waals surface area contributed by atoms with Crippen LogP contribution in [0.4, 0.5) is 4.79 Å². The second kappa shape index (κ2) is 10.9. The van der Waals surface area contributed by atoms with Crippen molar-refractivity contribution in [2.45, 2.75) is 31.3 Å². The minimum Gasteiger partial charge on any atom is -0.493 e. The Morgan fingerprint density at radius 2 is 1.80 bits per heavy atom. The molecule has 0 saturated carbocycles. The van der Waals surface area contributed by atoms with E-state index < -0.39 is 5.97 Å². The Balaban J connectivity index is 1.52. The third kappa shape index (κ3) is 5.03. The first-order valence-electron chi connectivity index (χ1n) is 11.5. The van der Waals surface area contributed by atoms with E-state index in [2.05, 4.69) is 5.32 Å². The van der Waals surface area contributed by atoms with Gasteiger partial charge in [0, 0.05) is 6.04 Å². The first kappa shape index (κ1) is 24.7. The van der Waals surface area contributed by atoms with Crippen LogP contribution in [0.1, 0.15) is 24.8 Å². The number of para-hydroxylation sites is 1. The number of benzene rings is 2. The van der Waals surface area contributed by atoms with Crippen molar-refractivity contribution >= 4 is 29.2 Å². The summed E-state index contributed by atoms with van der Waals surface area (Å²) < 4.78 is 21.6. The average Bonchev–Trinajstić information content (AvgIpc) is 3.19. The van der Waals surface area contributed by atoms with Gasteiger partial charge in [0.2, 0.25) is 0 Å². The highest BCUT2D eigenvalue weighted by molar-refractivity contribution is 6.32. The van der Waals surface area contributed by atoms with Crippen LogP contribution < -0.4 is 19.5 Å². The van der Waals surface area contributed by atoms with Gasteiger partial charge in [0.15, 0.2) is 11.5 Å². The molecule has 2 aliphatic heterocycles. The standard InChI is InChI=1S/C26H29ClN2O6/c1-32-22-11-8-16(14-23(22)33-2)18-15-17-9-10-20(24(18)25(30)34-3)29(17)26(31)28-12-13-35-21-7-5-4-6-19(21)27/h4-8,11,14,17,20H,9-10,12-13,15H2,1-3H3,(H,28,31)/t17-,20+/m0/s1. The van der Waals surface area contributed by atoms with Gasteiger partial charge in [-0.05, 0) is 54.7 Å². The van der Waals surface area contributed by atoms with Crippen LogP contribution in [0.25, 0.3) is 5.57 Å². The monoisotopic (exact) mass is 500 g/mol. The molecule has 2 bridgehead atoms. The number of amides is 2. The fourth-order valence-corrected chi connectivity index (χ4v) is 5.05. The van der Waals surface area contributed by atoms with Crippen molar-refractivity contribution in [3.8, 4) is 17.2 Å². The van der Waals surface area contributed by atoms with Crippen LogP contribution in [-0.2, 0) is 9.53 Å². The lowest BCUT2D eigenvalue weighted by molar-refractivity contribution is -0.136. The fraction of sp³-hybridized carbons (Fsp3) is 0.385. The normalized spacial score (nSPS) is 18.8. The molecule has 0 aliphatic carbocycles. The summed E-state index contributed by atoms with van der Waals surface area (Å²) in [5, 5.41) is 3.43. The molecule has 2 aliphatic rings. The minimum atomic E-state index is -0.431. The molecule has 1 saturated heterocycles. The molecule has 4 rings (SSSR count). The highest BCUT2D eigenvalue weighted by Crippen LogP contribution is 2.44. The Morgan fingerprint density at radius 1 is 1.03 bits per heavy atom. The van der Waals surface area contributed by atoms with Crippen LogP contribution >= 0.6 is 11.6 Å². The lowest BCUT2D eigenvalue weighted by atomic mass is 9.88. The summed E-state index contributed by atoms with van der Waals surface area (Å²) in [5.41, 5.74) is 2.24. The third-order valence-electron chi connectivity index (χ3n) is 6.44. The van der Waals surface area contributed by atoms with Gasteiger partial charge in [-0.15, -0.1) is 0 Å². The van der Waals surface area contributed by atoms with Crippen molar-refractivity contribution in [2.24, 2.45) is 0 Å². The summed E-state index contributed by atoms with van der Waals surface area (Å²) in [7, 11) is 4.51. The molecule has 2 aromatic carbocycles. The molecule has 8 nitrogen and oxygen atoms in total. The topological polar surface area (TPSA) is 86.3 Å². The summed E-state index contributed by atoms with van der Waals surface area (Å²) in [4.78, 5) is 27.8. The van der Waals surface area contributed by atoms with Crippen LogP contribution in [0, 0.1) is 0 Å². The number of fused-ring (bicyclic) bond motifs is 2. The highest BCUT2D eigenvalue weighted by Gasteiger charge is 2.46. The van der Waals surface area contributed by atoms with E-state index in [1.807, 2.05) is 30.3 Å². The van der Waals surface area contributed by atoms with Crippen molar-refractivity contribution < 1.29 is 28.5 Å². The molecule has 2 amide bonds. The number of esters is 1. The molecule has 2 atom stereocenters. The molecule has 0 aromatic heterocycles. The van der Waals surface area contributed by atoms with Gasteiger partial charge in [-0.1, -0.05) is 29.8 Å². The van der Waals surface area contributed by atoms with Gasteiger partial charge in [0.25, 0.3) is 0 Å². The first-order chi connectivity index (χ1) is 17.0. The van der Waals surface area contributed by atoms with Crippen LogP contribution in [0.15, 0.2) is 48.0 Å². The van der Waals surface area contributed by atoms with E-state index >= 15 is 0 Å². The molecule has 0 radical (unpaired) electrons. The van der Waals surface area contributed by atoms with Gasteiger partial charge in [0.1, 0.15) is 12.4 Å². The number of rotatable bonds is 8. The highest BCUT2D eigenvalue weighted by atomic mass is 35.5. The molecule has 1 N–H and O–H groups in total. The Kier molecular flexibility index (Phi) is 7.70. The SMILES string of the molecule is COC(=O)C1=C(c2ccc(OC)c(OC)c2)C[C@@H]2CC[C@H]1N2C(=O)NCCOc1ccccc1Cl. The van der Waals surface area contributed by atoms with Crippen LogP contribution in [0.3, 0.4) is 0 Å². The maximum atomic E-state index is 13.1. The van der Waals surface area contributed by atoms with E-state index in [0.717, 1.165) is 17.6 Å². The Hall–Kier alpha value is -3.39. The fourth-order valence-electron chi connectivity index (χ4n) is 4.86. The number of ether oxygens (including phenoxy) is 4. The molecule has 1 fully saturated rings. The van der Waals surface area contributed by atoms with E-state index in [0.29, 0.717) is 47.2 Å². The molecule has 0 spiro atoms. The van der Waals surface area contributed by atoms with Crippen molar-refractivity contribution in [3.63, 3.8) is 0 Å². The number of hydrogen-bond acceptors (Lipinski definition) is 6. The smallest absolute Gasteiger partial charge is 0.336 e. The maximum Gasteiger partial charge on any atom is 0.336 e. The molecule has 0 unspecified atom stereocenters. The van der Waals surface area contributed by atoms with E-state index in [1.54, 1.807) is 31.3 Å². The number of methoxy groups -OCH3 is 3. The van der Waals surface area contributed by atoms with E-state index in [1.165, 1.54) is 7.11 Å². The molecule has 9 heteroatoms. The average molecular weight is 501 g/mol. The number of halogens is 1. The van der Waals surface area contributed by atoms with E-state index in [9.17, 15) is 9.59 Å². The minimum absolute atomic E-state index is 0.0269. The summed E-state index contributed by atoms with van der Waals surface area (Å²) in [6, 6.07) is 12.1. The third-order valence-corrected chi connectivity index (χ3v) is 6.76. The van der Waals surface area contributed by atoms with Crippen LogP contribution in [0.2, 0.25) is 5.02 Å². The molecule has 2 heterocycles. The second-order valence-corrected chi connectivity index (χ2v) is 8.73. The predicted molar refractivity (Wildman–Crippen MR) is 132 cm³/mol. The quantitative estimate of drug-likeness (QED) is 0.429. The summed E-state index contributed by atoms with van der Waals surface area (Å²) in [5.74, 6) is 1.32. The predicted octanol–water partition coefficient (Wildman–Crippen LogP) is 4.31. The zero-order valence-corrected chi connectivity index (χ0v) is 20.8. The van der Waals surface area contributed by atoms with Gasteiger partial charge >= 0.3 is 12.0 Å². The van der Waals surface area contributed by atoms with Crippen molar-refractivity contribution in [3.05, 3.63) is 58.6 Å². The lowest BCUT2D eigenvalue weighted by Gasteiger charge is -2.37. The van der Waals surface area contributed by atoms with Crippen molar-refractivity contribution in [1.29, 1.82) is 0 Å². The first-order valence-corrected chi connectivity index (χ1v) is 11.8. The van der Waals surface area contributed by atoms with Gasteiger partial charge < -0.3 is 29.2 Å². The summed E-state index contributed by atoms with van der Waals surface area (Å²) >= 11 is 6.11. The van der Waals surface area contributed by atoms with Crippen molar-refractivity contribution in [2.75, 3.05) is 34.5 Å². The zero-order chi connectivity index (χ0) is 24.9. The molecule has 35 heavy (non-hydrogen) atoms. The van der Waals surface area contributed by atoms with Crippen LogP contribution in [0.5, 0.6) is 17.2 Å². The summed E-state index contributed by atoms with van der Waals surface area (Å²) in [6.07, 6.45) is 2.03. The van der Waals surface area contributed by atoms with Gasteiger partial charge in [-0.25, -0.2) is 9.59 Å². The Labute approximate surface area is 209 Å². The molecule has 186 valence electrons. The van der Waals surface area contributed by atoms with E-state index in [-0.39, 0.29) is 24.7 Å². The second-order valence-electron chi connectivity index (χ2n) is 8.32. The van der Waals surface area contributed by atoms with Gasteiger partial charge in [-0.3, -0.25) is 0 Å². The lowest BCUT2D eigenvalue weighted by Crippen LogP contribution is -2.51. The molecular weight excluding hydrogens is 472 g/mol. The van der Waals surface area contributed by atoms with Gasteiger partial charge in [-0.2, -0.15) is 0 Å². The Bertz CT molecular complexity index is 1130.